The monoisotopic (exact) mass is 503 g/mol. The zero-order valence-electron chi connectivity index (χ0n) is 21.1. The van der Waals surface area contributed by atoms with Crippen LogP contribution in [0.3, 0.4) is 0 Å². The SMILES string of the molecule is C#C/C(C)=N\N(C)C1C=CC2=C(N1)N1CC(CCCN(C)/C=C\C(=N)S(=O)(=O)NC2O)CC1(C)C. The molecule has 3 unspecified atom stereocenters. The summed E-state index contributed by atoms with van der Waals surface area (Å²) in [7, 11) is -0.580. The third kappa shape index (κ3) is 6.25. The molecule has 3 rings (SSSR count). The minimum absolute atomic E-state index is 0.223. The van der Waals surface area contributed by atoms with Crippen molar-refractivity contribution in [2.24, 2.45) is 11.0 Å². The third-order valence-corrected chi connectivity index (χ3v) is 7.87. The van der Waals surface area contributed by atoms with E-state index in [1.807, 2.05) is 11.9 Å². The number of hydrogen-bond acceptors (Lipinski definition) is 9. The van der Waals surface area contributed by atoms with E-state index in [2.05, 4.69) is 39.8 Å². The van der Waals surface area contributed by atoms with Crippen molar-refractivity contribution in [2.45, 2.75) is 58.0 Å². The van der Waals surface area contributed by atoms with Gasteiger partial charge >= 0.3 is 0 Å². The molecule has 4 N–H and O–H groups in total. The average Bonchev–Trinajstić information content (AvgIpc) is 3.09. The molecule has 0 amide bonds. The van der Waals surface area contributed by atoms with E-state index in [0.29, 0.717) is 23.0 Å². The molecule has 0 radical (unpaired) electrons. The number of nitrogens with one attached hydrogen (secondary N) is 3. The van der Waals surface area contributed by atoms with Crippen molar-refractivity contribution in [1.82, 2.24) is 24.8 Å². The summed E-state index contributed by atoms with van der Waals surface area (Å²) in [6.45, 7) is 7.57. The zero-order chi connectivity index (χ0) is 26.0. The first kappa shape index (κ1) is 26.8. The van der Waals surface area contributed by atoms with Crippen LogP contribution in [-0.4, -0.2) is 84.2 Å². The summed E-state index contributed by atoms with van der Waals surface area (Å²) < 4.78 is 27.8. The number of nitrogens with zero attached hydrogens (tertiary/aromatic N) is 4. The lowest BCUT2D eigenvalue weighted by Gasteiger charge is -2.41. The summed E-state index contributed by atoms with van der Waals surface area (Å²) >= 11 is 0. The molecule has 0 aromatic heterocycles. The lowest BCUT2D eigenvalue weighted by molar-refractivity contribution is 0.158. The average molecular weight is 504 g/mol. The van der Waals surface area contributed by atoms with Crippen LogP contribution in [0.1, 0.15) is 40.0 Å². The van der Waals surface area contributed by atoms with Crippen molar-refractivity contribution >= 4 is 20.8 Å². The van der Waals surface area contributed by atoms with Crippen LogP contribution in [0.15, 0.2) is 40.9 Å². The van der Waals surface area contributed by atoms with Gasteiger partial charge in [0, 0.05) is 44.5 Å². The van der Waals surface area contributed by atoms with Crippen molar-refractivity contribution in [1.29, 1.82) is 5.41 Å². The van der Waals surface area contributed by atoms with Crippen LogP contribution >= 0.6 is 0 Å². The summed E-state index contributed by atoms with van der Waals surface area (Å²) in [5.74, 6) is 3.58. The molecule has 2 bridgehead atoms. The van der Waals surface area contributed by atoms with E-state index in [4.69, 9.17) is 11.8 Å². The summed E-state index contributed by atoms with van der Waals surface area (Å²) in [6, 6.07) is 0. The van der Waals surface area contributed by atoms with E-state index in [1.54, 1.807) is 37.3 Å². The Labute approximate surface area is 209 Å². The topological polar surface area (TPSA) is 124 Å². The predicted molar refractivity (Wildman–Crippen MR) is 138 cm³/mol. The van der Waals surface area contributed by atoms with Crippen molar-refractivity contribution in [3.8, 4) is 12.3 Å². The van der Waals surface area contributed by atoms with Crippen LogP contribution in [0.4, 0.5) is 0 Å². The number of dihydropyridines is 1. The third-order valence-electron chi connectivity index (χ3n) is 6.62. The summed E-state index contributed by atoms with van der Waals surface area (Å²) in [5, 5.41) is 27.9. The second-order valence-electron chi connectivity index (χ2n) is 9.98. The van der Waals surface area contributed by atoms with Gasteiger partial charge in [-0.25, -0.2) is 8.42 Å². The fourth-order valence-corrected chi connectivity index (χ4v) is 5.57. The Morgan fingerprint density at radius 3 is 2.80 bits per heavy atom. The first-order valence-electron chi connectivity index (χ1n) is 11.7. The minimum atomic E-state index is -4.23. The molecular formula is C24H37N7O3S. The van der Waals surface area contributed by atoms with Gasteiger partial charge in [0.15, 0.2) is 5.04 Å². The summed E-state index contributed by atoms with van der Waals surface area (Å²) in [4.78, 5) is 4.09. The fraction of sp³-hybridized carbons (Fsp3) is 0.583. The Morgan fingerprint density at radius 1 is 1.40 bits per heavy atom. The number of fused-ring (bicyclic) bond motifs is 3. The molecule has 0 aromatic carbocycles. The van der Waals surface area contributed by atoms with Gasteiger partial charge < -0.3 is 20.2 Å². The molecule has 3 heterocycles. The van der Waals surface area contributed by atoms with Crippen LogP contribution in [0, 0.1) is 23.7 Å². The maximum absolute atomic E-state index is 12.8. The number of terminal acetylenes is 1. The van der Waals surface area contributed by atoms with Gasteiger partial charge in [0.1, 0.15) is 23.9 Å². The van der Waals surface area contributed by atoms with Gasteiger partial charge in [-0.1, -0.05) is 12.0 Å². The van der Waals surface area contributed by atoms with Gasteiger partial charge in [-0.2, -0.15) is 9.82 Å². The summed E-state index contributed by atoms with van der Waals surface area (Å²) in [6.07, 6.45) is 12.8. The number of sulfonamides is 1. The van der Waals surface area contributed by atoms with E-state index < -0.39 is 21.3 Å². The minimum Gasteiger partial charge on any atom is -0.380 e. The fourth-order valence-electron chi connectivity index (χ4n) is 4.78. The molecule has 1 fully saturated rings. The molecule has 35 heavy (non-hydrogen) atoms. The van der Waals surface area contributed by atoms with Crippen LogP contribution in [-0.2, 0) is 10.0 Å². The Kier molecular flexibility index (Phi) is 7.99. The predicted octanol–water partition coefficient (Wildman–Crippen LogP) is 1.18. The first-order chi connectivity index (χ1) is 16.3. The normalized spacial score (nSPS) is 30.0. The van der Waals surface area contributed by atoms with Crippen LogP contribution in [0.2, 0.25) is 0 Å². The molecule has 1 saturated heterocycles. The zero-order valence-corrected chi connectivity index (χ0v) is 21.9. The second kappa shape index (κ2) is 10.4. The number of rotatable bonds is 2. The van der Waals surface area contributed by atoms with Gasteiger partial charge in [0.2, 0.25) is 0 Å². The molecule has 3 atom stereocenters. The first-order valence-corrected chi connectivity index (χ1v) is 13.2. The maximum atomic E-state index is 12.8. The molecule has 0 spiro atoms. The number of aliphatic hydroxyl groups excluding tert-OH is 1. The highest BCUT2D eigenvalue weighted by atomic mass is 32.2. The number of likely N-dealkylation sites (N-methyl/N-ethyl adjacent to an activating group) is 1. The second-order valence-corrected chi connectivity index (χ2v) is 11.7. The van der Waals surface area contributed by atoms with E-state index in [0.717, 1.165) is 32.4 Å². The van der Waals surface area contributed by atoms with Crippen molar-refractivity contribution in [2.75, 3.05) is 27.2 Å². The van der Waals surface area contributed by atoms with E-state index >= 15 is 0 Å². The number of hydrazone groups is 1. The van der Waals surface area contributed by atoms with Crippen molar-refractivity contribution in [3.05, 3.63) is 35.8 Å². The molecule has 10 nitrogen and oxygen atoms in total. The van der Waals surface area contributed by atoms with E-state index in [-0.39, 0.29) is 11.7 Å². The van der Waals surface area contributed by atoms with Gasteiger partial charge in [0.25, 0.3) is 10.0 Å². The quantitative estimate of drug-likeness (QED) is 0.253. The highest BCUT2D eigenvalue weighted by Crippen LogP contribution is 2.39. The van der Waals surface area contributed by atoms with Crippen LogP contribution < -0.4 is 10.0 Å². The van der Waals surface area contributed by atoms with Gasteiger partial charge in [-0.3, -0.25) is 10.4 Å². The number of aliphatic hydroxyl groups is 1. The molecule has 3 aliphatic heterocycles. The highest BCUT2D eigenvalue weighted by molar-refractivity contribution is 8.05. The Bertz CT molecular complexity index is 1100. The van der Waals surface area contributed by atoms with E-state index in [1.165, 1.54) is 6.08 Å². The Morgan fingerprint density at radius 2 is 2.11 bits per heavy atom. The smallest absolute Gasteiger partial charge is 0.259 e. The molecule has 11 heteroatoms. The van der Waals surface area contributed by atoms with E-state index in [9.17, 15) is 13.5 Å². The van der Waals surface area contributed by atoms with Crippen molar-refractivity contribution in [3.63, 3.8) is 0 Å². The lowest BCUT2D eigenvalue weighted by Crippen LogP contribution is -2.52. The standard InChI is InChI=1S/C24H37N7O3S/c1-7-17(2)27-30(6)21-11-10-19-22(26-21)31-16-18(15-24(31,3)4)9-8-13-29(5)14-12-20(25)35(33,34)28-23(19)32/h1,10-12,14,18,21,23,25-26,28,32H,8-9,13,15-16H2,2-6H3/b14-12-,25-20?,27-17-. The molecule has 192 valence electrons. The Hall–Kier alpha value is -2.81. The highest BCUT2D eigenvalue weighted by Gasteiger charge is 2.42. The van der Waals surface area contributed by atoms with Crippen LogP contribution in [0.5, 0.6) is 0 Å². The molecular weight excluding hydrogens is 466 g/mol. The molecule has 3 aliphatic rings. The number of hydrogen-bond donors (Lipinski definition) is 4. The van der Waals surface area contributed by atoms with Crippen LogP contribution in [0.25, 0.3) is 0 Å². The van der Waals surface area contributed by atoms with Gasteiger partial charge in [-0.05, 0) is 58.1 Å². The molecule has 0 aliphatic carbocycles. The largest absolute Gasteiger partial charge is 0.380 e. The molecule has 0 saturated carbocycles. The van der Waals surface area contributed by atoms with Crippen molar-refractivity contribution < 1.29 is 13.5 Å². The van der Waals surface area contributed by atoms with Gasteiger partial charge in [0.05, 0.1) is 0 Å². The van der Waals surface area contributed by atoms with Gasteiger partial charge in [-0.15, -0.1) is 6.42 Å². The molecule has 0 aromatic rings. The summed E-state index contributed by atoms with van der Waals surface area (Å²) in [5.41, 5.74) is 0.683. The maximum Gasteiger partial charge on any atom is 0.259 e. The Balaban J connectivity index is 2.03. The lowest BCUT2D eigenvalue weighted by atomic mass is 9.93.